The fourth-order valence-corrected chi connectivity index (χ4v) is 4.49. The smallest absolute Gasteiger partial charge is 0.266 e. The number of hydrogen-bond donors (Lipinski definition) is 0. The summed E-state index contributed by atoms with van der Waals surface area (Å²) in [6.07, 6.45) is 4.18. The number of thiocarbonyl (C=S) groups is 1. The summed E-state index contributed by atoms with van der Waals surface area (Å²) in [5.74, 6) is 0.0169. The lowest BCUT2D eigenvalue weighted by molar-refractivity contribution is -0.123. The molecule has 0 bridgehead atoms. The van der Waals surface area contributed by atoms with Crippen molar-refractivity contribution in [2.24, 2.45) is 0 Å². The fourth-order valence-electron chi connectivity index (χ4n) is 2.30. The third-order valence-corrected chi connectivity index (χ3v) is 5.79. The van der Waals surface area contributed by atoms with Gasteiger partial charge in [-0.25, -0.2) is 0 Å². The van der Waals surface area contributed by atoms with Crippen molar-refractivity contribution in [2.75, 3.05) is 13.2 Å². The van der Waals surface area contributed by atoms with E-state index >= 15 is 0 Å². The quantitative estimate of drug-likeness (QED) is 0.629. The second kappa shape index (κ2) is 5.97. The normalized spacial score (nSPS) is 25.1. The van der Waals surface area contributed by atoms with Crippen molar-refractivity contribution >= 4 is 51.6 Å². The van der Waals surface area contributed by atoms with E-state index < -0.39 is 0 Å². The van der Waals surface area contributed by atoms with Crippen molar-refractivity contribution in [3.63, 3.8) is 0 Å². The predicted octanol–water partition coefficient (Wildman–Crippen LogP) is 3.44. The molecule has 6 heteroatoms. The number of thioether (sulfide) groups is 1. The molecule has 0 aliphatic carbocycles. The van der Waals surface area contributed by atoms with Crippen LogP contribution in [-0.4, -0.2) is 34.4 Å². The Bertz CT molecular complexity index is 573. The van der Waals surface area contributed by atoms with Crippen molar-refractivity contribution in [3.05, 3.63) is 26.8 Å². The molecule has 1 aromatic rings. The zero-order valence-electron chi connectivity index (χ0n) is 11.1. The van der Waals surface area contributed by atoms with Crippen molar-refractivity contribution in [3.8, 4) is 0 Å². The van der Waals surface area contributed by atoms with E-state index in [-0.39, 0.29) is 12.0 Å². The molecule has 3 rings (SSSR count). The monoisotopic (exact) mass is 325 g/mol. The molecule has 3 heterocycles. The molecule has 0 aromatic carbocycles. The van der Waals surface area contributed by atoms with E-state index in [1.165, 1.54) is 17.3 Å². The van der Waals surface area contributed by atoms with E-state index in [0.29, 0.717) is 10.9 Å². The van der Waals surface area contributed by atoms with Gasteiger partial charge in [0.05, 0.1) is 17.6 Å². The zero-order chi connectivity index (χ0) is 14.1. The molecule has 2 aliphatic rings. The minimum absolute atomic E-state index is 0.0169. The minimum atomic E-state index is 0.0169. The Labute approximate surface area is 132 Å². The number of hydrogen-bond acceptors (Lipinski definition) is 5. The van der Waals surface area contributed by atoms with Gasteiger partial charge in [0.2, 0.25) is 0 Å². The largest absolute Gasteiger partial charge is 0.376 e. The predicted molar refractivity (Wildman–Crippen MR) is 87.9 cm³/mol. The highest BCUT2D eigenvalue weighted by atomic mass is 32.2. The van der Waals surface area contributed by atoms with Crippen LogP contribution in [-0.2, 0) is 9.53 Å². The Morgan fingerprint density at radius 1 is 1.60 bits per heavy atom. The number of amides is 1. The van der Waals surface area contributed by atoms with Crippen LogP contribution >= 0.6 is 35.3 Å². The van der Waals surface area contributed by atoms with Gasteiger partial charge in [0.1, 0.15) is 4.32 Å². The molecule has 3 nitrogen and oxygen atoms in total. The molecule has 0 N–H and O–H groups in total. The Kier molecular flexibility index (Phi) is 4.26. The van der Waals surface area contributed by atoms with Crippen LogP contribution in [0.4, 0.5) is 0 Å². The average Bonchev–Trinajstić information content (AvgIpc) is 3.11. The molecule has 2 fully saturated rings. The summed E-state index contributed by atoms with van der Waals surface area (Å²) < 4.78 is 6.24. The van der Waals surface area contributed by atoms with Crippen molar-refractivity contribution in [1.82, 2.24) is 4.90 Å². The molecule has 106 valence electrons. The van der Waals surface area contributed by atoms with Gasteiger partial charge in [0, 0.05) is 11.5 Å². The first-order chi connectivity index (χ1) is 9.65. The van der Waals surface area contributed by atoms with E-state index in [4.69, 9.17) is 17.0 Å². The number of rotatable bonds is 3. The molecule has 1 aromatic heterocycles. The van der Waals surface area contributed by atoms with E-state index in [2.05, 4.69) is 13.0 Å². The van der Waals surface area contributed by atoms with Crippen molar-refractivity contribution in [2.45, 2.75) is 25.9 Å². The molecule has 0 radical (unpaired) electrons. The number of carbonyl (C=O) groups is 1. The summed E-state index contributed by atoms with van der Waals surface area (Å²) in [4.78, 5) is 16.0. The van der Waals surface area contributed by atoms with Crippen molar-refractivity contribution < 1.29 is 9.53 Å². The zero-order valence-corrected chi connectivity index (χ0v) is 13.6. The third-order valence-electron chi connectivity index (χ3n) is 3.45. The Morgan fingerprint density at radius 3 is 3.10 bits per heavy atom. The number of nitrogens with zero attached hydrogens (tertiary/aromatic N) is 1. The van der Waals surface area contributed by atoms with Gasteiger partial charge in [-0.05, 0) is 42.9 Å². The maximum atomic E-state index is 12.4. The van der Waals surface area contributed by atoms with Crippen LogP contribution in [0.2, 0.25) is 0 Å². The lowest BCUT2D eigenvalue weighted by atomic mass is 10.2. The number of thiophene rings is 1. The van der Waals surface area contributed by atoms with Gasteiger partial charge < -0.3 is 4.74 Å². The van der Waals surface area contributed by atoms with Gasteiger partial charge in [-0.3, -0.25) is 9.69 Å². The average molecular weight is 325 g/mol. The second-order valence-corrected chi connectivity index (χ2v) is 7.52. The molecular weight excluding hydrogens is 310 g/mol. The van der Waals surface area contributed by atoms with Crippen LogP contribution in [0.25, 0.3) is 6.08 Å². The molecule has 1 atom stereocenters. The van der Waals surface area contributed by atoms with Gasteiger partial charge in [0.15, 0.2) is 0 Å². The molecule has 2 aliphatic heterocycles. The highest BCUT2D eigenvalue weighted by Crippen LogP contribution is 2.34. The van der Waals surface area contributed by atoms with Crippen LogP contribution in [0, 0.1) is 6.92 Å². The van der Waals surface area contributed by atoms with Crippen LogP contribution in [0.3, 0.4) is 0 Å². The summed E-state index contributed by atoms with van der Waals surface area (Å²) in [5, 5.41) is 2.04. The number of ether oxygens (including phenoxy) is 1. The van der Waals surface area contributed by atoms with Gasteiger partial charge >= 0.3 is 0 Å². The highest BCUT2D eigenvalue weighted by molar-refractivity contribution is 8.26. The third kappa shape index (κ3) is 2.83. The van der Waals surface area contributed by atoms with Gasteiger partial charge in [-0.2, -0.15) is 0 Å². The summed E-state index contributed by atoms with van der Waals surface area (Å²) in [7, 11) is 0. The molecule has 0 saturated carbocycles. The summed E-state index contributed by atoms with van der Waals surface area (Å²) >= 11 is 8.37. The lowest BCUT2D eigenvalue weighted by Gasteiger charge is -2.18. The van der Waals surface area contributed by atoms with Gasteiger partial charge in [-0.15, -0.1) is 11.3 Å². The summed E-state index contributed by atoms with van der Waals surface area (Å²) in [6, 6.07) is 2.06. The molecular formula is C14H15NO2S3. The summed E-state index contributed by atoms with van der Waals surface area (Å²) in [6.45, 7) is 3.44. The maximum Gasteiger partial charge on any atom is 0.266 e. The number of carbonyl (C=O) groups excluding carboxylic acids is 1. The van der Waals surface area contributed by atoms with Crippen molar-refractivity contribution in [1.29, 1.82) is 0 Å². The standard InChI is InChI=1S/C14H15NO2S3/c1-9-4-6-19-11(9)7-12-13(16)15(14(18)20-12)8-10-3-2-5-17-10/h4,6-7,10H,2-3,5,8H2,1H3/b12-7+/t10-/m0/s1. The molecule has 20 heavy (non-hydrogen) atoms. The van der Waals surface area contributed by atoms with Crippen LogP contribution in [0.1, 0.15) is 23.3 Å². The van der Waals surface area contributed by atoms with Crippen LogP contribution in [0.15, 0.2) is 16.4 Å². The topological polar surface area (TPSA) is 29.5 Å². The van der Waals surface area contributed by atoms with E-state index in [0.717, 1.165) is 29.2 Å². The minimum Gasteiger partial charge on any atom is -0.376 e. The first-order valence-electron chi connectivity index (χ1n) is 6.56. The molecule has 0 unspecified atom stereocenters. The van der Waals surface area contributed by atoms with E-state index in [1.54, 1.807) is 16.2 Å². The van der Waals surface area contributed by atoms with Crippen LogP contribution < -0.4 is 0 Å². The van der Waals surface area contributed by atoms with Gasteiger partial charge in [0.25, 0.3) is 5.91 Å². The van der Waals surface area contributed by atoms with E-state index in [9.17, 15) is 4.79 Å². The molecule has 0 spiro atoms. The lowest BCUT2D eigenvalue weighted by Crippen LogP contribution is -2.35. The first-order valence-corrected chi connectivity index (χ1v) is 8.66. The Balaban J connectivity index is 1.76. The first kappa shape index (κ1) is 14.3. The Morgan fingerprint density at radius 2 is 2.45 bits per heavy atom. The Hall–Kier alpha value is -0.690. The SMILES string of the molecule is Cc1ccsc1/C=C1/SC(=S)N(C[C@@H]2CCCO2)C1=O. The second-order valence-electron chi connectivity index (χ2n) is 4.90. The summed E-state index contributed by atoms with van der Waals surface area (Å²) in [5.41, 5.74) is 1.19. The maximum absolute atomic E-state index is 12.4. The van der Waals surface area contributed by atoms with E-state index in [1.807, 2.05) is 11.5 Å². The highest BCUT2D eigenvalue weighted by Gasteiger charge is 2.34. The number of aryl methyl sites for hydroxylation is 1. The van der Waals surface area contributed by atoms with Crippen LogP contribution in [0.5, 0.6) is 0 Å². The molecule has 1 amide bonds. The molecule has 2 saturated heterocycles. The van der Waals surface area contributed by atoms with Gasteiger partial charge in [-0.1, -0.05) is 24.0 Å². The fraction of sp³-hybridized carbons (Fsp3) is 0.429.